The standard InChI is InChI=1S/C14H15N5O.CO2/c1-8-3-4-9(11(5-8)20-2)6-10-7-12(15)16-14-13(10)17-19-18-14;2-1-3/h3-5,7H,6H2,1-2H3,(H3,15,16,17,18,19);. The van der Waals surface area contributed by atoms with Crippen LogP contribution in [0.15, 0.2) is 24.3 Å². The van der Waals surface area contributed by atoms with E-state index in [1.807, 2.05) is 19.1 Å². The fourth-order valence-corrected chi connectivity index (χ4v) is 2.26. The van der Waals surface area contributed by atoms with Gasteiger partial charge in [0.1, 0.15) is 17.1 Å². The molecule has 8 nitrogen and oxygen atoms in total. The molecule has 23 heavy (non-hydrogen) atoms. The molecular weight excluding hydrogens is 298 g/mol. The van der Waals surface area contributed by atoms with E-state index in [1.165, 1.54) is 0 Å². The normalized spacial score (nSPS) is 9.83. The first-order chi connectivity index (χ1) is 11.1. The van der Waals surface area contributed by atoms with E-state index in [9.17, 15) is 0 Å². The molecule has 0 unspecified atom stereocenters. The Morgan fingerprint density at radius 2 is 1.96 bits per heavy atom. The molecule has 1 aromatic carbocycles. The maximum Gasteiger partial charge on any atom is 0.373 e. The number of H-pyrrole nitrogens is 1. The molecule has 0 spiro atoms. The highest BCUT2D eigenvalue weighted by atomic mass is 16.5. The van der Waals surface area contributed by atoms with Crippen molar-refractivity contribution in [3.8, 4) is 5.75 Å². The van der Waals surface area contributed by atoms with Crippen LogP contribution in [0.3, 0.4) is 0 Å². The number of methoxy groups -OCH3 is 1. The molecule has 0 saturated carbocycles. The number of ether oxygens (including phenoxy) is 1. The summed E-state index contributed by atoms with van der Waals surface area (Å²) in [6, 6.07) is 7.95. The lowest BCUT2D eigenvalue weighted by Crippen LogP contribution is -1.98. The summed E-state index contributed by atoms with van der Waals surface area (Å²) in [6.45, 7) is 2.03. The van der Waals surface area contributed by atoms with Crippen molar-refractivity contribution in [2.24, 2.45) is 0 Å². The number of aromatic amines is 1. The quantitative estimate of drug-likeness (QED) is 0.745. The highest BCUT2D eigenvalue weighted by molar-refractivity contribution is 5.76. The van der Waals surface area contributed by atoms with Crippen molar-refractivity contribution < 1.29 is 14.3 Å². The average molecular weight is 313 g/mol. The molecule has 8 heteroatoms. The van der Waals surface area contributed by atoms with Gasteiger partial charge in [-0.15, -0.1) is 5.10 Å². The van der Waals surface area contributed by atoms with Crippen LogP contribution in [0.4, 0.5) is 5.82 Å². The zero-order valence-corrected chi connectivity index (χ0v) is 12.7. The van der Waals surface area contributed by atoms with E-state index in [0.29, 0.717) is 17.9 Å². The van der Waals surface area contributed by atoms with Gasteiger partial charge in [-0.2, -0.15) is 19.9 Å². The van der Waals surface area contributed by atoms with Gasteiger partial charge >= 0.3 is 6.15 Å². The number of carbonyl (C=O) groups excluding carboxylic acids is 2. The first kappa shape index (κ1) is 16.1. The van der Waals surface area contributed by atoms with Gasteiger partial charge in [-0.05, 0) is 35.7 Å². The van der Waals surface area contributed by atoms with Crippen LogP contribution in [0.2, 0.25) is 0 Å². The predicted molar refractivity (Wildman–Crippen MR) is 81.6 cm³/mol. The molecule has 0 aliphatic heterocycles. The van der Waals surface area contributed by atoms with Crippen molar-refractivity contribution in [1.29, 1.82) is 0 Å². The third-order valence-electron chi connectivity index (χ3n) is 3.21. The number of nitrogen functional groups attached to an aromatic ring is 1. The maximum absolute atomic E-state index is 8.12. The van der Waals surface area contributed by atoms with Gasteiger partial charge in [-0.25, -0.2) is 4.98 Å². The number of nitrogens with one attached hydrogen (secondary N) is 1. The van der Waals surface area contributed by atoms with Gasteiger partial charge in [0.2, 0.25) is 5.65 Å². The van der Waals surface area contributed by atoms with Crippen LogP contribution in [-0.4, -0.2) is 33.7 Å². The number of hydrogen-bond donors (Lipinski definition) is 2. The maximum atomic E-state index is 8.12. The van der Waals surface area contributed by atoms with Gasteiger partial charge in [-0.1, -0.05) is 12.1 Å². The minimum Gasteiger partial charge on any atom is -0.496 e. The summed E-state index contributed by atoms with van der Waals surface area (Å²) >= 11 is 0. The van der Waals surface area contributed by atoms with Crippen LogP contribution >= 0.6 is 0 Å². The van der Waals surface area contributed by atoms with Crippen molar-refractivity contribution in [3.05, 3.63) is 41.0 Å². The molecule has 0 radical (unpaired) electrons. The van der Waals surface area contributed by atoms with E-state index in [-0.39, 0.29) is 6.15 Å². The van der Waals surface area contributed by atoms with Crippen LogP contribution < -0.4 is 10.5 Å². The molecule has 3 rings (SSSR count). The minimum absolute atomic E-state index is 0.250. The second-order valence-corrected chi connectivity index (χ2v) is 4.78. The first-order valence-electron chi connectivity index (χ1n) is 6.67. The number of rotatable bonds is 3. The number of benzene rings is 1. The van der Waals surface area contributed by atoms with Crippen molar-refractivity contribution in [2.45, 2.75) is 13.3 Å². The van der Waals surface area contributed by atoms with E-state index in [2.05, 4.69) is 32.5 Å². The lowest BCUT2D eigenvalue weighted by atomic mass is 10.0. The summed E-state index contributed by atoms with van der Waals surface area (Å²) in [5.41, 5.74) is 10.3. The minimum atomic E-state index is 0.250. The zero-order chi connectivity index (χ0) is 16.8. The topological polar surface area (TPSA) is 124 Å². The van der Waals surface area contributed by atoms with E-state index in [0.717, 1.165) is 28.0 Å². The third-order valence-corrected chi connectivity index (χ3v) is 3.21. The van der Waals surface area contributed by atoms with Gasteiger partial charge < -0.3 is 10.5 Å². The summed E-state index contributed by atoms with van der Waals surface area (Å²) in [5.74, 6) is 1.30. The van der Waals surface area contributed by atoms with Crippen molar-refractivity contribution in [2.75, 3.05) is 12.8 Å². The molecule has 0 aliphatic rings. The fourth-order valence-electron chi connectivity index (χ4n) is 2.26. The molecule has 2 heterocycles. The van der Waals surface area contributed by atoms with Crippen molar-refractivity contribution >= 4 is 23.1 Å². The highest BCUT2D eigenvalue weighted by Gasteiger charge is 2.11. The number of nitrogens with two attached hydrogens (primary N) is 1. The Kier molecular flexibility index (Phi) is 5.01. The van der Waals surface area contributed by atoms with Gasteiger partial charge in [0.15, 0.2) is 0 Å². The SMILES string of the molecule is COc1cc(C)ccc1Cc1cc(N)nc2n[nH]nc12.O=C=O. The Morgan fingerprint density at radius 3 is 2.65 bits per heavy atom. The summed E-state index contributed by atoms with van der Waals surface area (Å²) in [7, 11) is 1.67. The van der Waals surface area contributed by atoms with E-state index >= 15 is 0 Å². The van der Waals surface area contributed by atoms with Crippen molar-refractivity contribution in [3.63, 3.8) is 0 Å². The molecule has 118 valence electrons. The molecule has 0 fully saturated rings. The van der Waals surface area contributed by atoms with Gasteiger partial charge in [-0.3, -0.25) is 0 Å². The molecule has 0 atom stereocenters. The molecule has 0 saturated heterocycles. The first-order valence-corrected chi connectivity index (χ1v) is 6.67. The Balaban J connectivity index is 0.000000595. The molecule has 0 amide bonds. The Labute approximate surface area is 131 Å². The van der Waals surface area contributed by atoms with E-state index in [1.54, 1.807) is 7.11 Å². The number of fused-ring (bicyclic) bond motifs is 1. The molecule has 3 N–H and O–H groups in total. The lowest BCUT2D eigenvalue weighted by molar-refractivity contribution is -0.191. The van der Waals surface area contributed by atoms with E-state index in [4.69, 9.17) is 20.1 Å². The van der Waals surface area contributed by atoms with Crippen LogP contribution in [0.5, 0.6) is 5.75 Å². The van der Waals surface area contributed by atoms with Gasteiger partial charge in [0.25, 0.3) is 0 Å². The predicted octanol–water partition coefficient (Wildman–Crippen LogP) is 1.26. The van der Waals surface area contributed by atoms with Crippen LogP contribution in [0.1, 0.15) is 16.7 Å². The van der Waals surface area contributed by atoms with Gasteiger partial charge in [0.05, 0.1) is 7.11 Å². The largest absolute Gasteiger partial charge is 0.496 e. The lowest BCUT2D eigenvalue weighted by Gasteiger charge is -2.10. The summed E-state index contributed by atoms with van der Waals surface area (Å²) in [4.78, 5) is 20.4. The van der Waals surface area contributed by atoms with Gasteiger partial charge in [0, 0.05) is 6.42 Å². The fraction of sp³-hybridized carbons (Fsp3) is 0.200. The van der Waals surface area contributed by atoms with E-state index < -0.39 is 0 Å². The number of anilines is 1. The Morgan fingerprint density at radius 1 is 1.22 bits per heavy atom. The number of aryl methyl sites for hydroxylation is 1. The van der Waals surface area contributed by atoms with Crippen molar-refractivity contribution in [1.82, 2.24) is 20.4 Å². The van der Waals surface area contributed by atoms with Crippen LogP contribution in [0, 0.1) is 6.92 Å². The number of aromatic nitrogens is 4. The molecular formula is C15H15N5O3. The Hall–Kier alpha value is -3.25. The molecule has 0 aliphatic carbocycles. The van der Waals surface area contributed by atoms with Crippen LogP contribution in [0.25, 0.3) is 11.2 Å². The third kappa shape index (κ3) is 3.69. The monoisotopic (exact) mass is 313 g/mol. The number of nitrogens with zero attached hydrogens (tertiary/aromatic N) is 3. The molecule has 2 aromatic heterocycles. The average Bonchev–Trinajstić information content (AvgIpc) is 2.98. The molecule has 3 aromatic rings. The molecule has 0 bridgehead atoms. The summed E-state index contributed by atoms with van der Waals surface area (Å²) in [6.07, 6.45) is 0.916. The number of pyridine rings is 1. The Bertz CT molecular complexity index is 853. The second-order valence-electron chi connectivity index (χ2n) is 4.78. The second kappa shape index (κ2) is 7.15. The zero-order valence-electron chi connectivity index (χ0n) is 12.7. The van der Waals surface area contributed by atoms with Crippen LogP contribution in [-0.2, 0) is 16.0 Å². The summed E-state index contributed by atoms with van der Waals surface area (Å²) < 4.78 is 5.43. The smallest absolute Gasteiger partial charge is 0.373 e. The highest BCUT2D eigenvalue weighted by Crippen LogP contribution is 2.25. The number of hydrogen-bond acceptors (Lipinski definition) is 7. The summed E-state index contributed by atoms with van der Waals surface area (Å²) in [5, 5.41) is 10.7.